The molecule has 0 saturated carbocycles. The molecule has 0 heterocycles. The zero-order chi connectivity index (χ0) is 11.6. The molecule has 1 aromatic carbocycles. The van der Waals surface area contributed by atoms with Crippen LogP contribution < -0.4 is 0 Å². The average Bonchev–Trinajstić information content (AvgIpc) is 2.30. The standard InChI is InChI=1S/C13H17BrO2/c14-13-7-5-12(6-8-13)11-16-10-4-2-1-3-9-15/h1,3,5-8,15H,2,4,9-11H2/b3-1+. The number of aliphatic hydroxyl groups is 1. The quantitative estimate of drug-likeness (QED) is 0.615. The molecule has 0 atom stereocenters. The molecular formula is C13H17BrO2. The zero-order valence-electron chi connectivity index (χ0n) is 9.23. The van der Waals surface area contributed by atoms with Crippen molar-refractivity contribution in [2.45, 2.75) is 19.4 Å². The first-order chi connectivity index (χ1) is 7.83. The van der Waals surface area contributed by atoms with E-state index in [1.54, 1.807) is 6.08 Å². The number of benzene rings is 1. The molecule has 0 aliphatic rings. The second kappa shape index (κ2) is 8.50. The molecule has 16 heavy (non-hydrogen) atoms. The van der Waals surface area contributed by atoms with Crippen LogP contribution in [-0.2, 0) is 11.3 Å². The van der Waals surface area contributed by atoms with E-state index in [4.69, 9.17) is 9.84 Å². The van der Waals surface area contributed by atoms with E-state index in [2.05, 4.69) is 28.1 Å². The maximum atomic E-state index is 8.52. The summed E-state index contributed by atoms with van der Waals surface area (Å²) in [7, 11) is 0. The van der Waals surface area contributed by atoms with E-state index in [1.807, 2.05) is 18.2 Å². The third-order valence-corrected chi connectivity index (χ3v) is 2.64. The maximum Gasteiger partial charge on any atom is 0.0716 e. The fourth-order valence-corrected chi connectivity index (χ4v) is 1.53. The number of unbranched alkanes of at least 4 members (excludes halogenated alkanes) is 1. The molecule has 0 radical (unpaired) electrons. The molecule has 0 unspecified atom stereocenters. The van der Waals surface area contributed by atoms with Crippen molar-refractivity contribution in [1.82, 2.24) is 0 Å². The van der Waals surface area contributed by atoms with Gasteiger partial charge in [0.25, 0.3) is 0 Å². The Bertz CT molecular complexity index is 306. The first kappa shape index (κ1) is 13.4. The van der Waals surface area contributed by atoms with Gasteiger partial charge in [-0.25, -0.2) is 0 Å². The predicted molar refractivity (Wildman–Crippen MR) is 69.3 cm³/mol. The lowest BCUT2D eigenvalue weighted by Gasteiger charge is -2.03. The van der Waals surface area contributed by atoms with Gasteiger partial charge >= 0.3 is 0 Å². The smallest absolute Gasteiger partial charge is 0.0716 e. The fraction of sp³-hybridized carbons (Fsp3) is 0.385. The van der Waals surface area contributed by atoms with Gasteiger partial charge in [-0.05, 0) is 30.5 Å². The predicted octanol–water partition coefficient (Wildman–Crippen LogP) is 3.29. The van der Waals surface area contributed by atoms with Crippen molar-refractivity contribution in [3.8, 4) is 0 Å². The highest BCUT2D eigenvalue weighted by Gasteiger charge is 1.93. The van der Waals surface area contributed by atoms with Crippen LogP contribution in [0.25, 0.3) is 0 Å². The Morgan fingerprint density at radius 1 is 1.19 bits per heavy atom. The summed E-state index contributed by atoms with van der Waals surface area (Å²) < 4.78 is 6.62. The van der Waals surface area contributed by atoms with E-state index in [-0.39, 0.29) is 6.61 Å². The van der Waals surface area contributed by atoms with E-state index in [1.165, 1.54) is 5.56 Å². The highest BCUT2D eigenvalue weighted by Crippen LogP contribution is 2.11. The van der Waals surface area contributed by atoms with Crippen LogP contribution in [0.1, 0.15) is 18.4 Å². The normalized spacial score (nSPS) is 11.1. The Hall–Kier alpha value is -0.640. The van der Waals surface area contributed by atoms with Gasteiger partial charge in [-0.15, -0.1) is 0 Å². The molecule has 0 bridgehead atoms. The lowest BCUT2D eigenvalue weighted by Crippen LogP contribution is -1.94. The van der Waals surface area contributed by atoms with Crippen molar-refractivity contribution >= 4 is 15.9 Å². The molecule has 88 valence electrons. The van der Waals surface area contributed by atoms with Crippen LogP contribution >= 0.6 is 15.9 Å². The van der Waals surface area contributed by atoms with E-state index in [9.17, 15) is 0 Å². The summed E-state index contributed by atoms with van der Waals surface area (Å²) in [5.74, 6) is 0. The Kier molecular flexibility index (Phi) is 7.14. The van der Waals surface area contributed by atoms with Crippen molar-refractivity contribution in [2.24, 2.45) is 0 Å². The minimum atomic E-state index is 0.125. The van der Waals surface area contributed by atoms with Crippen molar-refractivity contribution < 1.29 is 9.84 Å². The van der Waals surface area contributed by atoms with E-state index in [0.29, 0.717) is 6.61 Å². The molecule has 0 amide bonds. The molecule has 0 aliphatic carbocycles. The van der Waals surface area contributed by atoms with Crippen LogP contribution in [0.2, 0.25) is 0 Å². The summed E-state index contributed by atoms with van der Waals surface area (Å²) >= 11 is 3.39. The maximum absolute atomic E-state index is 8.52. The second-order valence-electron chi connectivity index (χ2n) is 3.48. The molecule has 1 rings (SSSR count). The number of hydrogen-bond donors (Lipinski definition) is 1. The number of aliphatic hydroxyl groups excluding tert-OH is 1. The van der Waals surface area contributed by atoms with Gasteiger partial charge in [0.05, 0.1) is 13.2 Å². The van der Waals surface area contributed by atoms with Crippen molar-refractivity contribution in [2.75, 3.05) is 13.2 Å². The summed E-state index contributed by atoms with van der Waals surface area (Å²) in [5, 5.41) is 8.52. The number of rotatable bonds is 7. The SMILES string of the molecule is OC/C=C/CCCOCc1ccc(Br)cc1. The number of hydrogen-bond acceptors (Lipinski definition) is 2. The average molecular weight is 285 g/mol. The summed E-state index contributed by atoms with van der Waals surface area (Å²) in [6, 6.07) is 8.14. The third-order valence-electron chi connectivity index (χ3n) is 2.11. The molecule has 0 saturated heterocycles. The summed E-state index contributed by atoms with van der Waals surface area (Å²) in [4.78, 5) is 0. The highest BCUT2D eigenvalue weighted by molar-refractivity contribution is 9.10. The zero-order valence-corrected chi connectivity index (χ0v) is 10.8. The number of halogens is 1. The molecule has 2 nitrogen and oxygen atoms in total. The largest absolute Gasteiger partial charge is 0.392 e. The molecule has 1 aromatic rings. The van der Waals surface area contributed by atoms with Gasteiger partial charge in [-0.1, -0.05) is 40.2 Å². The lowest BCUT2D eigenvalue weighted by molar-refractivity contribution is 0.119. The van der Waals surface area contributed by atoms with E-state index in [0.717, 1.165) is 23.9 Å². The van der Waals surface area contributed by atoms with Gasteiger partial charge < -0.3 is 9.84 Å². The monoisotopic (exact) mass is 284 g/mol. The number of ether oxygens (including phenoxy) is 1. The van der Waals surface area contributed by atoms with E-state index < -0.39 is 0 Å². The molecular weight excluding hydrogens is 268 g/mol. The van der Waals surface area contributed by atoms with Crippen LogP contribution in [0.15, 0.2) is 40.9 Å². The Labute approximate surface area is 105 Å². The van der Waals surface area contributed by atoms with Crippen LogP contribution in [0, 0.1) is 0 Å². The first-order valence-electron chi connectivity index (χ1n) is 5.41. The number of allylic oxidation sites excluding steroid dienone is 1. The van der Waals surface area contributed by atoms with Crippen LogP contribution in [0.4, 0.5) is 0 Å². The first-order valence-corrected chi connectivity index (χ1v) is 6.20. The van der Waals surface area contributed by atoms with Gasteiger partial charge in [0, 0.05) is 11.1 Å². The molecule has 1 N–H and O–H groups in total. The Morgan fingerprint density at radius 2 is 1.94 bits per heavy atom. The summed E-state index contributed by atoms with van der Waals surface area (Å²) in [5.41, 5.74) is 1.19. The van der Waals surface area contributed by atoms with E-state index >= 15 is 0 Å². The molecule has 0 aromatic heterocycles. The lowest BCUT2D eigenvalue weighted by atomic mass is 10.2. The molecule has 0 fully saturated rings. The Morgan fingerprint density at radius 3 is 2.62 bits per heavy atom. The van der Waals surface area contributed by atoms with Gasteiger partial charge in [0.15, 0.2) is 0 Å². The molecule has 0 aliphatic heterocycles. The van der Waals surface area contributed by atoms with Gasteiger partial charge in [0.2, 0.25) is 0 Å². The van der Waals surface area contributed by atoms with Crippen LogP contribution in [-0.4, -0.2) is 18.3 Å². The van der Waals surface area contributed by atoms with Crippen LogP contribution in [0.5, 0.6) is 0 Å². The van der Waals surface area contributed by atoms with Gasteiger partial charge in [-0.3, -0.25) is 0 Å². The summed E-state index contributed by atoms with van der Waals surface area (Å²) in [6.07, 6.45) is 5.69. The van der Waals surface area contributed by atoms with Crippen LogP contribution in [0.3, 0.4) is 0 Å². The Balaban J connectivity index is 2.07. The third kappa shape index (κ3) is 6.05. The minimum absolute atomic E-state index is 0.125. The van der Waals surface area contributed by atoms with Crippen molar-refractivity contribution in [3.63, 3.8) is 0 Å². The van der Waals surface area contributed by atoms with Gasteiger partial charge in [-0.2, -0.15) is 0 Å². The molecule has 3 heteroatoms. The summed E-state index contributed by atoms with van der Waals surface area (Å²) in [6.45, 7) is 1.54. The second-order valence-corrected chi connectivity index (χ2v) is 4.39. The van der Waals surface area contributed by atoms with Crippen molar-refractivity contribution in [3.05, 3.63) is 46.5 Å². The fourth-order valence-electron chi connectivity index (χ4n) is 1.27. The molecule has 0 spiro atoms. The van der Waals surface area contributed by atoms with Gasteiger partial charge in [0.1, 0.15) is 0 Å². The minimum Gasteiger partial charge on any atom is -0.392 e. The van der Waals surface area contributed by atoms with Crippen molar-refractivity contribution in [1.29, 1.82) is 0 Å². The highest BCUT2D eigenvalue weighted by atomic mass is 79.9. The topological polar surface area (TPSA) is 29.5 Å².